The molecule has 1 aromatic heterocycles. The molecule has 0 fully saturated rings. The maximum atomic E-state index is 2.47. The van der Waals surface area contributed by atoms with Crippen LogP contribution in [0.3, 0.4) is 0 Å². The van der Waals surface area contributed by atoms with Crippen LogP contribution in [-0.4, -0.2) is 4.57 Å². The molecule has 0 radical (unpaired) electrons. The zero-order chi connectivity index (χ0) is 43.1. The first kappa shape index (κ1) is 38.0. The van der Waals surface area contributed by atoms with Crippen LogP contribution in [0.1, 0.15) is 0 Å². The SMILES string of the molecule is c1ccc(-c2ccc3c(c2)c2cc(-c4ccccc4)ccc2n3-c2cc(N(c3ccccc3)c3cccc4ccccc34)cc(N(c3ccccc3)c3cccc4ccccc34)c2)cc1. The molecule has 12 aromatic rings. The Bertz CT molecular complexity index is 3410. The molecule has 0 N–H and O–H groups in total. The minimum absolute atomic E-state index is 1.04. The minimum Gasteiger partial charge on any atom is -0.310 e. The molecule has 0 saturated carbocycles. The van der Waals surface area contributed by atoms with Gasteiger partial charge in [-0.25, -0.2) is 0 Å². The summed E-state index contributed by atoms with van der Waals surface area (Å²) in [6, 6.07) is 94.7. The molecule has 0 unspecified atom stereocenters. The van der Waals surface area contributed by atoms with Crippen LogP contribution in [-0.2, 0) is 0 Å². The van der Waals surface area contributed by atoms with Gasteiger partial charge in [0.25, 0.3) is 0 Å². The summed E-state index contributed by atoms with van der Waals surface area (Å²) in [6.07, 6.45) is 0. The van der Waals surface area contributed by atoms with Crippen LogP contribution < -0.4 is 9.80 Å². The van der Waals surface area contributed by atoms with Crippen molar-refractivity contribution in [3.8, 4) is 27.9 Å². The van der Waals surface area contributed by atoms with Gasteiger partial charge in [-0.05, 0) is 112 Å². The summed E-state index contributed by atoms with van der Waals surface area (Å²) in [5.41, 5.74) is 14.5. The lowest BCUT2D eigenvalue weighted by Gasteiger charge is -2.31. The quantitative estimate of drug-likeness (QED) is 0.144. The van der Waals surface area contributed by atoms with Crippen LogP contribution in [0.4, 0.5) is 34.1 Å². The Kier molecular flexibility index (Phi) is 9.50. The maximum absolute atomic E-state index is 2.47. The Hall–Kier alpha value is -8.66. The van der Waals surface area contributed by atoms with Gasteiger partial charge in [-0.2, -0.15) is 0 Å². The number of fused-ring (bicyclic) bond motifs is 5. The normalized spacial score (nSPS) is 11.4. The first-order valence-corrected chi connectivity index (χ1v) is 22.3. The molecular formula is C62H43N3. The third-order valence-corrected chi connectivity index (χ3v) is 12.7. The Morgan fingerprint density at radius 3 is 1.08 bits per heavy atom. The minimum atomic E-state index is 1.04. The van der Waals surface area contributed by atoms with E-state index < -0.39 is 0 Å². The highest BCUT2D eigenvalue weighted by atomic mass is 15.2. The van der Waals surface area contributed by atoms with Crippen molar-refractivity contribution in [2.24, 2.45) is 0 Å². The van der Waals surface area contributed by atoms with Crippen molar-refractivity contribution in [1.29, 1.82) is 0 Å². The van der Waals surface area contributed by atoms with Crippen molar-refractivity contribution in [2.75, 3.05) is 9.80 Å². The van der Waals surface area contributed by atoms with Gasteiger partial charge in [-0.15, -0.1) is 0 Å². The summed E-state index contributed by atoms with van der Waals surface area (Å²) in [4.78, 5) is 4.85. The fourth-order valence-electron chi connectivity index (χ4n) is 9.70. The van der Waals surface area contributed by atoms with Crippen LogP contribution in [0.15, 0.2) is 261 Å². The van der Waals surface area contributed by atoms with E-state index in [1.807, 2.05) is 0 Å². The van der Waals surface area contributed by atoms with Gasteiger partial charge in [0.2, 0.25) is 0 Å². The van der Waals surface area contributed by atoms with Crippen LogP contribution >= 0.6 is 0 Å². The lowest BCUT2D eigenvalue weighted by Crippen LogP contribution is -2.15. The van der Waals surface area contributed by atoms with Crippen molar-refractivity contribution in [3.05, 3.63) is 261 Å². The van der Waals surface area contributed by atoms with Crippen LogP contribution in [0.25, 0.3) is 71.3 Å². The molecule has 3 nitrogen and oxygen atoms in total. The molecule has 1 heterocycles. The van der Waals surface area contributed by atoms with Gasteiger partial charge in [0, 0.05) is 32.9 Å². The van der Waals surface area contributed by atoms with Crippen molar-refractivity contribution < 1.29 is 0 Å². The lowest BCUT2D eigenvalue weighted by molar-refractivity contribution is 1.16. The van der Waals surface area contributed by atoms with Crippen molar-refractivity contribution >= 4 is 77.5 Å². The number of rotatable bonds is 9. The molecule has 0 saturated heterocycles. The van der Waals surface area contributed by atoms with Crippen molar-refractivity contribution in [2.45, 2.75) is 0 Å². The summed E-state index contributed by atoms with van der Waals surface area (Å²) >= 11 is 0. The molecule has 0 amide bonds. The summed E-state index contributed by atoms with van der Waals surface area (Å²) in [6.45, 7) is 0. The third-order valence-electron chi connectivity index (χ3n) is 12.7. The van der Waals surface area contributed by atoms with Gasteiger partial charge < -0.3 is 14.4 Å². The van der Waals surface area contributed by atoms with Crippen molar-refractivity contribution in [3.63, 3.8) is 0 Å². The highest BCUT2D eigenvalue weighted by Crippen LogP contribution is 2.46. The smallest absolute Gasteiger partial charge is 0.0541 e. The molecule has 0 spiro atoms. The molecule has 0 bridgehead atoms. The number of nitrogens with zero attached hydrogens (tertiary/aromatic N) is 3. The van der Waals surface area contributed by atoms with Crippen LogP contribution in [0, 0.1) is 0 Å². The average molecular weight is 830 g/mol. The second kappa shape index (κ2) is 16.2. The summed E-state index contributed by atoms with van der Waals surface area (Å²) < 4.78 is 2.47. The van der Waals surface area contributed by atoms with Gasteiger partial charge in [0.15, 0.2) is 0 Å². The summed E-state index contributed by atoms with van der Waals surface area (Å²) in [5, 5.41) is 7.14. The predicted octanol–water partition coefficient (Wildman–Crippen LogP) is 17.4. The van der Waals surface area contributed by atoms with Gasteiger partial charge in [0.1, 0.15) is 0 Å². The van der Waals surface area contributed by atoms with E-state index in [4.69, 9.17) is 0 Å². The van der Waals surface area contributed by atoms with E-state index in [-0.39, 0.29) is 0 Å². The Balaban J connectivity index is 1.19. The molecule has 3 heteroatoms. The number of aromatic nitrogens is 1. The highest BCUT2D eigenvalue weighted by molar-refractivity contribution is 6.12. The molecule has 12 rings (SSSR count). The van der Waals surface area contributed by atoms with E-state index in [0.29, 0.717) is 0 Å². The second-order valence-corrected chi connectivity index (χ2v) is 16.6. The van der Waals surface area contributed by atoms with E-state index in [1.165, 1.54) is 54.6 Å². The number of benzene rings is 11. The largest absolute Gasteiger partial charge is 0.310 e. The fraction of sp³-hybridized carbons (Fsp3) is 0. The number of para-hydroxylation sites is 2. The number of hydrogen-bond donors (Lipinski definition) is 0. The topological polar surface area (TPSA) is 11.4 Å². The zero-order valence-corrected chi connectivity index (χ0v) is 35.7. The first-order valence-electron chi connectivity index (χ1n) is 22.3. The summed E-state index contributed by atoms with van der Waals surface area (Å²) in [7, 11) is 0. The van der Waals surface area contributed by atoms with Crippen LogP contribution in [0.2, 0.25) is 0 Å². The number of hydrogen-bond acceptors (Lipinski definition) is 2. The highest BCUT2D eigenvalue weighted by Gasteiger charge is 2.23. The Morgan fingerprint density at radius 1 is 0.246 bits per heavy atom. The molecule has 0 aliphatic heterocycles. The molecule has 0 atom stereocenters. The third kappa shape index (κ3) is 6.87. The molecular weight excluding hydrogens is 787 g/mol. The monoisotopic (exact) mass is 829 g/mol. The maximum Gasteiger partial charge on any atom is 0.0541 e. The van der Waals surface area contributed by atoms with Crippen molar-refractivity contribution in [1.82, 2.24) is 4.57 Å². The lowest BCUT2D eigenvalue weighted by atomic mass is 10.0. The Labute approximate surface area is 378 Å². The van der Waals surface area contributed by atoms with E-state index in [9.17, 15) is 0 Å². The molecule has 0 aliphatic rings. The van der Waals surface area contributed by atoms with Crippen LogP contribution in [0.5, 0.6) is 0 Å². The van der Waals surface area contributed by atoms with Gasteiger partial charge in [-0.3, -0.25) is 0 Å². The predicted molar refractivity (Wildman–Crippen MR) is 276 cm³/mol. The zero-order valence-electron chi connectivity index (χ0n) is 35.7. The summed E-state index contributed by atoms with van der Waals surface area (Å²) in [5.74, 6) is 0. The van der Waals surface area contributed by atoms with E-state index in [2.05, 4.69) is 275 Å². The molecule has 65 heavy (non-hydrogen) atoms. The van der Waals surface area contributed by atoms with E-state index in [1.54, 1.807) is 0 Å². The molecule has 11 aromatic carbocycles. The van der Waals surface area contributed by atoms with Gasteiger partial charge >= 0.3 is 0 Å². The second-order valence-electron chi connectivity index (χ2n) is 16.6. The standard InChI is InChI=1S/C62H43N3/c1-5-19-44(20-6-1)48-35-37-61-57(39-48)58-40-49(45-21-7-2-8-22-45)36-38-62(58)65(61)54-42-52(63(50-27-9-3-10-28-50)59-33-17-25-46-23-13-15-31-55(46)59)41-53(43-54)64(51-29-11-4-12-30-51)60-34-18-26-47-24-14-16-32-56(47)60/h1-43H. The first-order chi connectivity index (χ1) is 32.2. The Morgan fingerprint density at radius 2 is 0.631 bits per heavy atom. The number of anilines is 6. The fourth-order valence-corrected chi connectivity index (χ4v) is 9.70. The molecule has 306 valence electrons. The molecule has 0 aliphatic carbocycles. The van der Waals surface area contributed by atoms with E-state index in [0.717, 1.165) is 50.8 Å². The van der Waals surface area contributed by atoms with Gasteiger partial charge in [0.05, 0.1) is 39.5 Å². The van der Waals surface area contributed by atoms with E-state index >= 15 is 0 Å². The van der Waals surface area contributed by atoms with Gasteiger partial charge in [-0.1, -0.05) is 182 Å². The average Bonchev–Trinajstić information content (AvgIpc) is 3.71.